The van der Waals surface area contributed by atoms with Crippen LogP contribution in [0.3, 0.4) is 0 Å². The van der Waals surface area contributed by atoms with E-state index in [0.29, 0.717) is 49.1 Å². The van der Waals surface area contributed by atoms with Gasteiger partial charge in [0.25, 0.3) is 0 Å². The minimum Gasteiger partial charge on any atom is -0.355 e. The Morgan fingerprint density at radius 3 is 2.63 bits per heavy atom. The van der Waals surface area contributed by atoms with E-state index in [-0.39, 0.29) is 5.69 Å². The maximum Gasteiger partial charge on any atom is 0.419 e. The van der Waals surface area contributed by atoms with Gasteiger partial charge in [-0.2, -0.15) is 13.2 Å². The van der Waals surface area contributed by atoms with Crippen LogP contribution in [0.5, 0.6) is 0 Å². The molecule has 4 aromatic rings. The molecule has 0 bridgehead atoms. The Labute approximate surface area is 224 Å². The van der Waals surface area contributed by atoms with Gasteiger partial charge in [0.2, 0.25) is 0 Å². The Kier molecular flexibility index (Phi) is 7.19. The van der Waals surface area contributed by atoms with E-state index in [9.17, 15) is 22.4 Å². The molecule has 1 atom stereocenters. The Morgan fingerprint density at radius 1 is 1.13 bits per heavy atom. The lowest BCUT2D eigenvalue weighted by atomic mass is 9.81. The fraction of sp³-hybridized carbons (Fsp3) is 0.308. The van der Waals surface area contributed by atoms with E-state index in [4.69, 9.17) is 0 Å². The van der Waals surface area contributed by atoms with E-state index in [1.807, 2.05) is 29.2 Å². The molecule has 0 radical (unpaired) electrons. The van der Waals surface area contributed by atoms with Crippen molar-refractivity contribution in [2.24, 2.45) is 5.41 Å². The molecule has 0 aliphatic carbocycles. The summed E-state index contributed by atoms with van der Waals surface area (Å²) in [5, 5.41) is 8.28. The summed E-state index contributed by atoms with van der Waals surface area (Å²) in [5.74, 6) is -0.823. The number of aldehydes is 1. The standard InChI is InChI=1S/C26H23BrF4N6O/c27-18-4-2-17(3-5-18)11-32-13-25(15-38)8-1-9-36(14-25)24-20-12-37(35-23(20)33-16-34-24)19-6-7-21(22(28)10-19)26(29,30)31/h2-7,10,12,15-16,32H,1,8-9,11,13-14H2. The van der Waals surface area contributed by atoms with Gasteiger partial charge in [-0.1, -0.05) is 28.1 Å². The number of hydrogen-bond acceptors (Lipinski definition) is 6. The molecule has 1 N–H and O–H groups in total. The highest BCUT2D eigenvalue weighted by atomic mass is 79.9. The Bertz CT molecular complexity index is 1460. The van der Waals surface area contributed by atoms with Gasteiger partial charge in [-0.3, -0.25) is 0 Å². The summed E-state index contributed by atoms with van der Waals surface area (Å²) < 4.78 is 55.3. The quantitative estimate of drug-likeness (QED) is 0.232. The molecule has 2 aromatic heterocycles. The summed E-state index contributed by atoms with van der Waals surface area (Å²) >= 11 is 3.42. The number of anilines is 1. The van der Waals surface area contributed by atoms with Crippen LogP contribution >= 0.6 is 15.9 Å². The Hall–Kier alpha value is -3.38. The third-order valence-electron chi connectivity index (χ3n) is 6.70. The van der Waals surface area contributed by atoms with Crippen molar-refractivity contribution in [1.82, 2.24) is 25.1 Å². The van der Waals surface area contributed by atoms with Crippen molar-refractivity contribution in [3.05, 3.63) is 76.4 Å². The number of aromatic nitrogens is 4. The maximum absolute atomic E-state index is 14.2. The van der Waals surface area contributed by atoms with Crippen LogP contribution in [0, 0.1) is 11.2 Å². The monoisotopic (exact) mass is 590 g/mol. The summed E-state index contributed by atoms with van der Waals surface area (Å²) in [6, 6.07) is 10.6. The third kappa shape index (κ3) is 5.41. The number of hydrogen-bond donors (Lipinski definition) is 1. The molecule has 0 spiro atoms. The number of carbonyl (C=O) groups is 1. The molecule has 5 rings (SSSR count). The van der Waals surface area contributed by atoms with Crippen molar-refractivity contribution in [3.8, 4) is 5.69 Å². The van der Waals surface area contributed by atoms with Crippen molar-refractivity contribution in [1.29, 1.82) is 0 Å². The molecule has 1 aliphatic heterocycles. The van der Waals surface area contributed by atoms with Crippen LogP contribution in [0.1, 0.15) is 24.0 Å². The number of fused-ring (bicyclic) bond motifs is 1. The second kappa shape index (κ2) is 10.4. The van der Waals surface area contributed by atoms with E-state index in [1.165, 1.54) is 11.0 Å². The first kappa shape index (κ1) is 26.2. The van der Waals surface area contributed by atoms with Crippen molar-refractivity contribution in [3.63, 3.8) is 0 Å². The average molecular weight is 591 g/mol. The van der Waals surface area contributed by atoms with Crippen LogP contribution in [-0.4, -0.2) is 45.7 Å². The van der Waals surface area contributed by atoms with Crippen molar-refractivity contribution in [2.75, 3.05) is 24.5 Å². The van der Waals surface area contributed by atoms with Gasteiger partial charge in [0.15, 0.2) is 5.65 Å². The zero-order valence-electron chi connectivity index (χ0n) is 20.1. The van der Waals surface area contributed by atoms with Crippen LogP contribution in [0.4, 0.5) is 23.4 Å². The van der Waals surface area contributed by atoms with E-state index < -0.39 is 23.0 Å². The molecule has 1 fully saturated rings. The van der Waals surface area contributed by atoms with Gasteiger partial charge in [0.1, 0.15) is 24.2 Å². The molecular weight excluding hydrogens is 568 g/mol. The largest absolute Gasteiger partial charge is 0.419 e. The fourth-order valence-electron chi connectivity index (χ4n) is 4.77. The molecule has 12 heteroatoms. The number of halogens is 5. The van der Waals surface area contributed by atoms with Crippen LogP contribution in [0.25, 0.3) is 16.7 Å². The topological polar surface area (TPSA) is 75.9 Å². The highest BCUT2D eigenvalue weighted by molar-refractivity contribution is 9.10. The second-order valence-corrected chi connectivity index (χ2v) is 10.3. The molecule has 1 aliphatic rings. The van der Waals surface area contributed by atoms with E-state index >= 15 is 0 Å². The van der Waals surface area contributed by atoms with Gasteiger partial charge in [-0.15, -0.1) is 5.10 Å². The maximum atomic E-state index is 14.2. The van der Waals surface area contributed by atoms with Gasteiger partial charge < -0.3 is 15.0 Å². The summed E-state index contributed by atoms with van der Waals surface area (Å²) in [4.78, 5) is 22.9. The molecule has 198 valence electrons. The molecule has 7 nitrogen and oxygen atoms in total. The third-order valence-corrected chi connectivity index (χ3v) is 7.22. The smallest absolute Gasteiger partial charge is 0.355 e. The molecule has 2 aromatic carbocycles. The number of nitrogens with one attached hydrogen (secondary N) is 1. The van der Waals surface area contributed by atoms with Crippen molar-refractivity contribution < 1.29 is 22.4 Å². The number of carbonyl (C=O) groups excluding carboxylic acids is 1. The van der Waals surface area contributed by atoms with Crippen LogP contribution < -0.4 is 10.2 Å². The first-order valence-corrected chi connectivity index (χ1v) is 12.7. The highest BCUT2D eigenvalue weighted by Gasteiger charge is 2.37. The Morgan fingerprint density at radius 2 is 1.92 bits per heavy atom. The molecule has 0 amide bonds. The predicted molar refractivity (Wildman–Crippen MR) is 137 cm³/mol. The minimum atomic E-state index is -4.79. The summed E-state index contributed by atoms with van der Waals surface area (Å²) in [6.07, 6.45) is 0.616. The van der Waals surface area contributed by atoms with Crippen molar-refractivity contribution >= 4 is 39.1 Å². The molecule has 38 heavy (non-hydrogen) atoms. The fourth-order valence-corrected chi connectivity index (χ4v) is 5.03. The SMILES string of the molecule is O=CC1(CNCc2ccc(Br)cc2)CCCN(c2ncnc3nn(-c4ccc(C(F)(F)F)c(F)c4)cc23)C1. The van der Waals surface area contributed by atoms with Crippen LogP contribution in [-0.2, 0) is 17.5 Å². The predicted octanol–water partition coefficient (Wildman–Crippen LogP) is 5.31. The van der Waals surface area contributed by atoms with Gasteiger partial charge >= 0.3 is 6.18 Å². The average Bonchev–Trinajstić information content (AvgIpc) is 3.34. The lowest BCUT2D eigenvalue weighted by molar-refractivity contribution is -0.140. The summed E-state index contributed by atoms with van der Waals surface area (Å²) in [7, 11) is 0. The normalized spacial score (nSPS) is 18.2. The minimum absolute atomic E-state index is 0.123. The van der Waals surface area contributed by atoms with Gasteiger partial charge in [-0.05, 0) is 42.7 Å². The van der Waals surface area contributed by atoms with Crippen LogP contribution in [0.15, 0.2) is 59.5 Å². The molecule has 1 saturated heterocycles. The van der Waals surface area contributed by atoms with E-state index in [2.05, 4.69) is 36.3 Å². The van der Waals surface area contributed by atoms with Crippen LogP contribution in [0.2, 0.25) is 0 Å². The van der Waals surface area contributed by atoms with Gasteiger partial charge in [-0.25, -0.2) is 19.0 Å². The lowest BCUT2D eigenvalue weighted by Crippen LogP contribution is -2.49. The number of alkyl halides is 3. The lowest BCUT2D eigenvalue weighted by Gasteiger charge is -2.40. The summed E-state index contributed by atoms with van der Waals surface area (Å²) in [5.41, 5.74) is -0.432. The van der Waals surface area contributed by atoms with Gasteiger partial charge in [0, 0.05) is 42.9 Å². The number of nitrogens with zero attached hydrogens (tertiary/aromatic N) is 5. The highest BCUT2D eigenvalue weighted by Crippen LogP contribution is 2.34. The first-order chi connectivity index (χ1) is 18.2. The zero-order chi connectivity index (χ0) is 26.9. The Balaban J connectivity index is 1.37. The van der Waals surface area contributed by atoms with Crippen molar-refractivity contribution in [2.45, 2.75) is 25.6 Å². The van der Waals surface area contributed by atoms with Gasteiger partial charge in [0.05, 0.1) is 22.1 Å². The first-order valence-electron chi connectivity index (χ1n) is 11.9. The van der Waals surface area contributed by atoms with E-state index in [0.717, 1.165) is 41.3 Å². The molecular formula is C26H23BrF4N6O. The summed E-state index contributed by atoms with van der Waals surface area (Å²) in [6.45, 7) is 2.20. The second-order valence-electron chi connectivity index (χ2n) is 9.41. The molecule has 3 heterocycles. The molecule has 0 saturated carbocycles. The number of rotatable bonds is 7. The number of benzene rings is 2. The zero-order valence-corrected chi connectivity index (χ0v) is 21.6. The van der Waals surface area contributed by atoms with E-state index in [1.54, 1.807) is 6.20 Å². The molecule has 1 unspecified atom stereocenters. The number of piperidine rings is 1.